The number of ether oxygens (including phenoxy) is 1. The number of para-hydroxylation sites is 1. The number of H-pyrrole nitrogens is 1. The van der Waals surface area contributed by atoms with Crippen molar-refractivity contribution in [1.82, 2.24) is 4.98 Å². The number of fused-ring (bicyclic) bond motifs is 3. The highest BCUT2D eigenvalue weighted by Gasteiger charge is 2.41. The SMILES string of the molecule is CCc1cccc2c3c([nH]c12)C(CC)(C(C)C)OCC3. The monoisotopic (exact) mass is 271 g/mol. The molecule has 1 unspecified atom stereocenters. The summed E-state index contributed by atoms with van der Waals surface area (Å²) in [4.78, 5) is 3.73. The van der Waals surface area contributed by atoms with Crippen LogP contribution in [0.2, 0.25) is 0 Å². The van der Waals surface area contributed by atoms with Crippen molar-refractivity contribution in [1.29, 1.82) is 0 Å². The van der Waals surface area contributed by atoms with E-state index in [-0.39, 0.29) is 5.60 Å². The van der Waals surface area contributed by atoms with E-state index in [0.29, 0.717) is 5.92 Å². The van der Waals surface area contributed by atoms with Crippen LogP contribution in [0.15, 0.2) is 18.2 Å². The van der Waals surface area contributed by atoms with E-state index < -0.39 is 0 Å². The number of benzene rings is 1. The zero-order valence-corrected chi connectivity index (χ0v) is 13.0. The van der Waals surface area contributed by atoms with E-state index in [0.717, 1.165) is 25.9 Å². The van der Waals surface area contributed by atoms with Crippen LogP contribution in [-0.2, 0) is 23.2 Å². The summed E-state index contributed by atoms with van der Waals surface area (Å²) in [7, 11) is 0. The fourth-order valence-corrected chi connectivity index (χ4v) is 3.80. The largest absolute Gasteiger partial charge is 0.368 e. The summed E-state index contributed by atoms with van der Waals surface area (Å²) >= 11 is 0. The van der Waals surface area contributed by atoms with Gasteiger partial charge in [0.05, 0.1) is 12.3 Å². The van der Waals surface area contributed by atoms with Gasteiger partial charge in [-0.3, -0.25) is 0 Å². The Morgan fingerprint density at radius 1 is 1.30 bits per heavy atom. The van der Waals surface area contributed by atoms with E-state index in [2.05, 4.69) is 50.9 Å². The third kappa shape index (κ3) is 1.74. The molecule has 20 heavy (non-hydrogen) atoms. The maximum atomic E-state index is 6.27. The molecule has 0 radical (unpaired) electrons. The summed E-state index contributed by atoms with van der Waals surface area (Å²) in [6, 6.07) is 6.68. The number of aryl methyl sites for hydroxylation is 1. The summed E-state index contributed by atoms with van der Waals surface area (Å²) in [5.74, 6) is 0.477. The summed E-state index contributed by atoms with van der Waals surface area (Å²) in [6.45, 7) is 9.83. The summed E-state index contributed by atoms with van der Waals surface area (Å²) < 4.78 is 6.27. The van der Waals surface area contributed by atoms with E-state index >= 15 is 0 Å². The van der Waals surface area contributed by atoms with Crippen LogP contribution in [0.25, 0.3) is 10.9 Å². The Morgan fingerprint density at radius 2 is 2.10 bits per heavy atom. The van der Waals surface area contributed by atoms with Gasteiger partial charge in [-0.2, -0.15) is 0 Å². The summed E-state index contributed by atoms with van der Waals surface area (Å²) in [6.07, 6.45) is 3.11. The second kappa shape index (κ2) is 4.92. The Hall–Kier alpha value is -1.28. The third-order valence-electron chi connectivity index (χ3n) is 5.00. The maximum Gasteiger partial charge on any atom is 0.110 e. The molecule has 108 valence electrons. The molecule has 0 amide bonds. The van der Waals surface area contributed by atoms with Crippen molar-refractivity contribution < 1.29 is 4.74 Å². The molecule has 2 heterocycles. The van der Waals surface area contributed by atoms with Gasteiger partial charge in [-0.15, -0.1) is 0 Å². The molecule has 0 spiro atoms. The van der Waals surface area contributed by atoms with Gasteiger partial charge in [-0.25, -0.2) is 0 Å². The molecule has 2 aromatic rings. The summed E-state index contributed by atoms with van der Waals surface area (Å²) in [5, 5.41) is 1.40. The van der Waals surface area contributed by atoms with Gasteiger partial charge in [0.1, 0.15) is 5.60 Å². The van der Waals surface area contributed by atoms with Crippen molar-refractivity contribution in [3.63, 3.8) is 0 Å². The average Bonchev–Trinajstić information content (AvgIpc) is 2.85. The fraction of sp³-hybridized carbons (Fsp3) is 0.556. The maximum absolute atomic E-state index is 6.27. The van der Waals surface area contributed by atoms with Crippen LogP contribution in [0.1, 0.15) is 50.9 Å². The van der Waals surface area contributed by atoms with Crippen LogP contribution in [0, 0.1) is 5.92 Å². The van der Waals surface area contributed by atoms with Crippen molar-refractivity contribution >= 4 is 10.9 Å². The number of hydrogen-bond donors (Lipinski definition) is 1. The minimum absolute atomic E-state index is 0.141. The first-order valence-electron chi connectivity index (χ1n) is 7.91. The third-order valence-corrected chi connectivity index (χ3v) is 5.00. The van der Waals surface area contributed by atoms with Gasteiger partial charge in [0.15, 0.2) is 0 Å². The molecule has 2 nitrogen and oxygen atoms in total. The average molecular weight is 271 g/mol. The van der Waals surface area contributed by atoms with Crippen LogP contribution in [0.3, 0.4) is 0 Å². The Morgan fingerprint density at radius 3 is 2.75 bits per heavy atom. The molecule has 1 N–H and O–H groups in total. The zero-order valence-electron chi connectivity index (χ0n) is 13.0. The standard InChI is InChI=1S/C18H25NO/c1-5-13-8-7-9-14-15-10-11-20-18(6-2,12(3)4)17(15)19-16(13)14/h7-9,12,19H,5-6,10-11H2,1-4H3. The number of nitrogens with one attached hydrogen (secondary N) is 1. The van der Waals surface area contributed by atoms with Gasteiger partial charge in [-0.1, -0.05) is 45.9 Å². The van der Waals surface area contributed by atoms with Crippen LogP contribution in [0.4, 0.5) is 0 Å². The van der Waals surface area contributed by atoms with Crippen molar-refractivity contribution in [3.05, 3.63) is 35.0 Å². The van der Waals surface area contributed by atoms with Crippen LogP contribution in [-0.4, -0.2) is 11.6 Å². The second-order valence-electron chi connectivity index (χ2n) is 6.17. The van der Waals surface area contributed by atoms with Gasteiger partial charge in [0.25, 0.3) is 0 Å². The first kappa shape index (κ1) is 13.7. The number of rotatable bonds is 3. The molecule has 0 fully saturated rings. The van der Waals surface area contributed by atoms with E-state index in [1.807, 2.05) is 0 Å². The highest BCUT2D eigenvalue weighted by atomic mass is 16.5. The summed E-state index contributed by atoms with van der Waals surface area (Å²) in [5.41, 5.74) is 5.40. The second-order valence-corrected chi connectivity index (χ2v) is 6.17. The van der Waals surface area contributed by atoms with Crippen LogP contribution in [0.5, 0.6) is 0 Å². The topological polar surface area (TPSA) is 25.0 Å². The molecule has 0 saturated heterocycles. The molecule has 1 aromatic carbocycles. The molecular formula is C18H25NO. The fourth-order valence-electron chi connectivity index (χ4n) is 3.80. The Bertz CT molecular complexity index is 626. The highest BCUT2D eigenvalue weighted by Crippen LogP contribution is 2.44. The lowest BCUT2D eigenvalue weighted by Crippen LogP contribution is -2.39. The predicted molar refractivity (Wildman–Crippen MR) is 84.1 cm³/mol. The first-order chi connectivity index (χ1) is 9.64. The van der Waals surface area contributed by atoms with E-state index in [4.69, 9.17) is 4.74 Å². The van der Waals surface area contributed by atoms with Gasteiger partial charge in [-0.05, 0) is 36.3 Å². The van der Waals surface area contributed by atoms with Gasteiger partial charge >= 0.3 is 0 Å². The number of aromatic nitrogens is 1. The molecule has 1 aliphatic rings. The molecule has 2 heteroatoms. The van der Waals surface area contributed by atoms with Gasteiger partial charge in [0.2, 0.25) is 0 Å². The normalized spacial score (nSPS) is 22.4. The van der Waals surface area contributed by atoms with Crippen LogP contribution >= 0.6 is 0 Å². The molecule has 0 saturated carbocycles. The van der Waals surface area contributed by atoms with E-state index in [1.54, 1.807) is 0 Å². The van der Waals surface area contributed by atoms with Crippen molar-refractivity contribution in [2.24, 2.45) is 5.92 Å². The number of aromatic amines is 1. The zero-order chi connectivity index (χ0) is 14.3. The lowest BCUT2D eigenvalue weighted by atomic mass is 9.80. The van der Waals surface area contributed by atoms with Crippen LogP contribution < -0.4 is 0 Å². The van der Waals surface area contributed by atoms with E-state index in [1.165, 1.54) is 27.7 Å². The van der Waals surface area contributed by atoms with Crippen molar-refractivity contribution in [2.45, 2.75) is 52.6 Å². The molecule has 1 aromatic heterocycles. The van der Waals surface area contributed by atoms with Gasteiger partial charge < -0.3 is 9.72 Å². The minimum atomic E-state index is -0.141. The Kier molecular flexibility index (Phi) is 3.37. The first-order valence-corrected chi connectivity index (χ1v) is 7.91. The highest BCUT2D eigenvalue weighted by molar-refractivity contribution is 5.88. The van der Waals surface area contributed by atoms with Crippen molar-refractivity contribution in [3.8, 4) is 0 Å². The smallest absolute Gasteiger partial charge is 0.110 e. The Balaban J connectivity index is 2.30. The molecule has 0 aliphatic carbocycles. The quantitative estimate of drug-likeness (QED) is 0.869. The van der Waals surface area contributed by atoms with Gasteiger partial charge in [0, 0.05) is 10.9 Å². The molecule has 0 bridgehead atoms. The minimum Gasteiger partial charge on any atom is -0.368 e. The molecule has 1 atom stereocenters. The predicted octanol–water partition coefficient (Wildman–Crippen LogP) is 4.56. The molecule has 3 rings (SSSR count). The van der Waals surface area contributed by atoms with Crippen molar-refractivity contribution in [2.75, 3.05) is 6.61 Å². The Labute approximate surface area is 121 Å². The lowest BCUT2D eigenvalue weighted by Gasteiger charge is -2.40. The van der Waals surface area contributed by atoms with E-state index in [9.17, 15) is 0 Å². The molecular weight excluding hydrogens is 246 g/mol. The lowest BCUT2D eigenvalue weighted by molar-refractivity contribution is -0.0986. The molecule has 1 aliphatic heterocycles. The number of hydrogen-bond acceptors (Lipinski definition) is 1.